The molecule has 0 spiro atoms. The second kappa shape index (κ2) is 12.5. The van der Waals surface area contributed by atoms with E-state index in [0.717, 1.165) is 39.0 Å². The van der Waals surface area contributed by atoms with E-state index in [9.17, 15) is 0 Å². The van der Waals surface area contributed by atoms with Gasteiger partial charge in [-0.1, -0.05) is 140 Å². The first-order valence-corrected chi connectivity index (χ1v) is 17.7. The zero-order valence-electron chi connectivity index (χ0n) is 28.4. The maximum absolute atomic E-state index is 6.35. The molecule has 0 radical (unpaired) electrons. The minimum atomic E-state index is 0.874. The SMILES string of the molecule is c1ccc(-c2ccc3ccc(-c4ccc(N(c5ccc(-c6ccc7ccccc7c6)cc5)c5cccc6oc7ccccc7c56)cc4)cc3c2)cc1. The zero-order valence-corrected chi connectivity index (χ0v) is 28.4. The lowest BCUT2D eigenvalue weighted by atomic mass is 9.97. The monoisotopic (exact) mass is 663 g/mol. The third kappa shape index (κ3) is 5.30. The van der Waals surface area contributed by atoms with Crippen LogP contribution in [0.3, 0.4) is 0 Å². The topological polar surface area (TPSA) is 16.4 Å². The van der Waals surface area contributed by atoms with Gasteiger partial charge in [0.05, 0.1) is 11.1 Å². The number of para-hydroxylation sites is 1. The van der Waals surface area contributed by atoms with Crippen LogP contribution in [0.15, 0.2) is 205 Å². The van der Waals surface area contributed by atoms with Crippen LogP contribution in [0.4, 0.5) is 17.1 Å². The Balaban J connectivity index is 1.07. The van der Waals surface area contributed by atoms with Crippen molar-refractivity contribution < 1.29 is 4.42 Å². The molecule has 9 aromatic carbocycles. The Labute approximate surface area is 302 Å². The Morgan fingerprint density at radius 3 is 1.44 bits per heavy atom. The molecule has 2 nitrogen and oxygen atoms in total. The second-order valence-corrected chi connectivity index (χ2v) is 13.4. The molecule has 0 aliphatic carbocycles. The maximum Gasteiger partial charge on any atom is 0.137 e. The molecular weight excluding hydrogens is 631 g/mol. The smallest absolute Gasteiger partial charge is 0.137 e. The Morgan fingerprint density at radius 2 is 0.788 bits per heavy atom. The third-order valence-electron chi connectivity index (χ3n) is 10.2. The van der Waals surface area contributed by atoms with Gasteiger partial charge in [-0.2, -0.15) is 0 Å². The quantitative estimate of drug-likeness (QED) is 0.176. The molecular formula is C50H33NO. The first-order valence-electron chi connectivity index (χ1n) is 17.7. The fraction of sp³-hybridized carbons (Fsp3) is 0. The summed E-state index contributed by atoms with van der Waals surface area (Å²) >= 11 is 0. The van der Waals surface area contributed by atoms with Gasteiger partial charge in [0.1, 0.15) is 11.2 Å². The lowest BCUT2D eigenvalue weighted by Crippen LogP contribution is -2.10. The van der Waals surface area contributed by atoms with Gasteiger partial charge in [-0.25, -0.2) is 0 Å². The first kappa shape index (κ1) is 30.0. The van der Waals surface area contributed by atoms with Crippen molar-refractivity contribution >= 4 is 60.5 Å². The van der Waals surface area contributed by atoms with Gasteiger partial charge >= 0.3 is 0 Å². The Kier molecular flexibility index (Phi) is 7.18. The number of fused-ring (bicyclic) bond motifs is 5. The highest BCUT2D eigenvalue weighted by Crippen LogP contribution is 2.43. The third-order valence-corrected chi connectivity index (χ3v) is 10.2. The second-order valence-electron chi connectivity index (χ2n) is 13.4. The van der Waals surface area contributed by atoms with Crippen LogP contribution in [-0.2, 0) is 0 Å². The molecule has 1 heterocycles. The van der Waals surface area contributed by atoms with Crippen molar-refractivity contribution in [3.63, 3.8) is 0 Å². The van der Waals surface area contributed by atoms with E-state index >= 15 is 0 Å². The molecule has 0 aliphatic heterocycles. The highest BCUT2D eigenvalue weighted by molar-refractivity contribution is 6.13. The summed E-state index contributed by atoms with van der Waals surface area (Å²) in [5.74, 6) is 0. The minimum absolute atomic E-state index is 0.874. The van der Waals surface area contributed by atoms with Gasteiger partial charge < -0.3 is 9.32 Å². The van der Waals surface area contributed by atoms with Crippen LogP contribution in [0, 0.1) is 0 Å². The maximum atomic E-state index is 6.35. The molecule has 0 aliphatic rings. The fourth-order valence-electron chi connectivity index (χ4n) is 7.58. The van der Waals surface area contributed by atoms with E-state index in [1.165, 1.54) is 54.9 Å². The molecule has 52 heavy (non-hydrogen) atoms. The van der Waals surface area contributed by atoms with Crippen LogP contribution < -0.4 is 4.90 Å². The number of nitrogens with zero attached hydrogens (tertiary/aromatic N) is 1. The summed E-state index contributed by atoms with van der Waals surface area (Å²) in [5.41, 5.74) is 12.2. The summed E-state index contributed by atoms with van der Waals surface area (Å²) in [7, 11) is 0. The van der Waals surface area contributed by atoms with Crippen LogP contribution >= 0.6 is 0 Å². The van der Waals surface area contributed by atoms with Crippen molar-refractivity contribution in [2.24, 2.45) is 0 Å². The van der Waals surface area contributed by atoms with Gasteiger partial charge in [-0.05, 0) is 116 Å². The molecule has 0 N–H and O–H groups in total. The molecule has 0 fully saturated rings. The van der Waals surface area contributed by atoms with E-state index in [1.54, 1.807) is 0 Å². The van der Waals surface area contributed by atoms with E-state index in [-0.39, 0.29) is 0 Å². The summed E-state index contributed by atoms with van der Waals surface area (Å²) in [6, 6.07) is 71.8. The van der Waals surface area contributed by atoms with Crippen LogP contribution in [0.2, 0.25) is 0 Å². The van der Waals surface area contributed by atoms with E-state index in [0.29, 0.717) is 0 Å². The highest BCUT2D eigenvalue weighted by atomic mass is 16.3. The van der Waals surface area contributed by atoms with E-state index in [4.69, 9.17) is 4.42 Å². The van der Waals surface area contributed by atoms with Crippen LogP contribution in [0.25, 0.3) is 76.9 Å². The van der Waals surface area contributed by atoms with Crippen molar-refractivity contribution in [2.75, 3.05) is 4.90 Å². The van der Waals surface area contributed by atoms with Gasteiger partial charge in [0.25, 0.3) is 0 Å². The first-order chi connectivity index (χ1) is 25.7. The summed E-state index contributed by atoms with van der Waals surface area (Å²) in [4.78, 5) is 2.35. The lowest BCUT2D eigenvalue weighted by molar-refractivity contribution is 0.669. The highest BCUT2D eigenvalue weighted by Gasteiger charge is 2.19. The molecule has 0 atom stereocenters. The number of benzene rings is 9. The summed E-state index contributed by atoms with van der Waals surface area (Å²) < 4.78 is 6.35. The van der Waals surface area contributed by atoms with Crippen molar-refractivity contribution in [2.45, 2.75) is 0 Å². The fourth-order valence-corrected chi connectivity index (χ4v) is 7.58. The molecule has 2 heteroatoms. The Bertz CT molecular complexity index is 2890. The van der Waals surface area contributed by atoms with Gasteiger partial charge in [0.2, 0.25) is 0 Å². The number of rotatable bonds is 6. The largest absolute Gasteiger partial charge is 0.456 e. The normalized spacial score (nSPS) is 11.5. The van der Waals surface area contributed by atoms with Crippen LogP contribution in [0.5, 0.6) is 0 Å². The molecule has 244 valence electrons. The predicted molar refractivity (Wildman–Crippen MR) is 220 cm³/mol. The van der Waals surface area contributed by atoms with Crippen LogP contribution in [-0.4, -0.2) is 0 Å². The number of hydrogen-bond donors (Lipinski definition) is 0. The summed E-state index contributed by atoms with van der Waals surface area (Å²) in [6.07, 6.45) is 0. The minimum Gasteiger partial charge on any atom is -0.456 e. The van der Waals surface area contributed by atoms with Crippen molar-refractivity contribution in [1.82, 2.24) is 0 Å². The molecule has 0 amide bonds. The van der Waals surface area contributed by atoms with Crippen LogP contribution in [0.1, 0.15) is 0 Å². The number of hydrogen-bond acceptors (Lipinski definition) is 2. The van der Waals surface area contributed by atoms with Gasteiger partial charge in [0.15, 0.2) is 0 Å². The standard InChI is InChI=1S/C50H33NO/c1-2-9-34(10-3-1)41-21-18-38-19-22-42(33-43(38)32-41)37-25-29-45(30-26-37)51(47-14-8-16-49-50(47)46-13-6-7-15-48(46)52-49)44-27-23-36(24-28-44)40-20-17-35-11-4-5-12-39(35)31-40/h1-33H. The van der Waals surface area contributed by atoms with E-state index < -0.39 is 0 Å². The Hall–Kier alpha value is -6.90. The molecule has 10 aromatic rings. The zero-order chi connectivity index (χ0) is 34.4. The average Bonchev–Trinajstić information content (AvgIpc) is 3.61. The molecule has 0 unspecified atom stereocenters. The molecule has 0 saturated heterocycles. The average molecular weight is 664 g/mol. The summed E-state index contributed by atoms with van der Waals surface area (Å²) in [6.45, 7) is 0. The van der Waals surface area contributed by atoms with Crippen molar-refractivity contribution in [1.29, 1.82) is 0 Å². The number of furan rings is 1. The molecule has 1 aromatic heterocycles. The number of anilines is 3. The van der Waals surface area contributed by atoms with Gasteiger partial charge in [-0.15, -0.1) is 0 Å². The van der Waals surface area contributed by atoms with Gasteiger partial charge in [0, 0.05) is 16.8 Å². The lowest BCUT2D eigenvalue weighted by Gasteiger charge is -2.26. The van der Waals surface area contributed by atoms with E-state index in [2.05, 4.69) is 193 Å². The van der Waals surface area contributed by atoms with Crippen molar-refractivity contribution in [3.05, 3.63) is 200 Å². The summed E-state index contributed by atoms with van der Waals surface area (Å²) in [5, 5.41) is 7.16. The van der Waals surface area contributed by atoms with Gasteiger partial charge in [-0.3, -0.25) is 0 Å². The molecule has 10 rings (SSSR count). The molecule has 0 saturated carbocycles. The predicted octanol–water partition coefficient (Wildman–Crippen LogP) is 14.4. The Morgan fingerprint density at radius 1 is 0.308 bits per heavy atom. The van der Waals surface area contributed by atoms with E-state index in [1.807, 2.05) is 12.1 Å². The molecule has 0 bridgehead atoms. The van der Waals surface area contributed by atoms with Crippen molar-refractivity contribution in [3.8, 4) is 33.4 Å².